The minimum Gasteiger partial charge on any atom is -0.0616 e. The van der Waals surface area contributed by atoms with Gasteiger partial charge in [-0.3, -0.25) is 0 Å². The van der Waals surface area contributed by atoms with E-state index in [1.807, 2.05) is 0 Å². The van der Waals surface area contributed by atoms with E-state index >= 15 is 0 Å². The Morgan fingerprint density at radius 2 is 1.14 bits per heavy atom. The average molecular weight is 266 g/mol. The molecule has 21 heavy (non-hydrogen) atoms. The molecule has 98 valence electrons. The summed E-state index contributed by atoms with van der Waals surface area (Å²) in [5.74, 6) is 0. The van der Waals surface area contributed by atoms with Crippen molar-refractivity contribution < 1.29 is 0 Å². The summed E-state index contributed by atoms with van der Waals surface area (Å²) in [4.78, 5) is 0. The molecule has 0 saturated heterocycles. The number of benzene rings is 5. The van der Waals surface area contributed by atoms with Crippen LogP contribution in [-0.4, -0.2) is 0 Å². The Morgan fingerprint density at radius 1 is 0.476 bits per heavy atom. The first-order valence-corrected chi connectivity index (χ1v) is 7.39. The van der Waals surface area contributed by atoms with Crippen LogP contribution in [0.2, 0.25) is 0 Å². The van der Waals surface area contributed by atoms with Gasteiger partial charge in [0.15, 0.2) is 0 Å². The van der Waals surface area contributed by atoms with E-state index in [-0.39, 0.29) is 0 Å². The van der Waals surface area contributed by atoms with Crippen LogP contribution in [0.25, 0.3) is 43.1 Å². The minimum absolute atomic E-state index is 1.33. The van der Waals surface area contributed by atoms with Crippen molar-refractivity contribution >= 4 is 43.1 Å². The Balaban J connectivity index is 2.26. The minimum atomic E-state index is 1.33. The predicted molar refractivity (Wildman–Crippen MR) is 92.4 cm³/mol. The van der Waals surface area contributed by atoms with Crippen LogP contribution in [0.3, 0.4) is 0 Å². The van der Waals surface area contributed by atoms with Gasteiger partial charge in [0.2, 0.25) is 0 Å². The molecule has 0 heteroatoms. The van der Waals surface area contributed by atoms with E-state index in [1.54, 1.807) is 0 Å². The molecule has 0 radical (unpaired) electrons. The van der Waals surface area contributed by atoms with Gasteiger partial charge in [-0.15, -0.1) is 0 Å². The highest BCUT2D eigenvalue weighted by Crippen LogP contribution is 2.40. The van der Waals surface area contributed by atoms with Crippen LogP contribution in [0.5, 0.6) is 0 Å². The Morgan fingerprint density at radius 3 is 1.90 bits per heavy atom. The molecule has 0 aliphatic heterocycles. The summed E-state index contributed by atoms with van der Waals surface area (Å²) < 4.78 is 0. The summed E-state index contributed by atoms with van der Waals surface area (Å²) in [5, 5.41) is 11.0. The number of hydrogen-bond donors (Lipinski definition) is 0. The van der Waals surface area contributed by atoms with Crippen LogP contribution < -0.4 is 0 Å². The molecule has 0 saturated carbocycles. The van der Waals surface area contributed by atoms with Crippen LogP contribution in [0.4, 0.5) is 0 Å². The first-order valence-electron chi connectivity index (χ1n) is 7.39. The van der Waals surface area contributed by atoms with Gasteiger partial charge in [-0.1, -0.05) is 66.7 Å². The van der Waals surface area contributed by atoms with Crippen molar-refractivity contribution in [3.8, 4) is 0 Å². The second-order valence-corrected chi connectivity index (χ2v) is 5.85. The second kappa shape index (κ2) is 3.73. The molecule has 5 rings (SSSR count). The highest BCUT2D eigenvalue weighted by atomic mass is 14.2. The summed E-state index contributed by atoms with van der Waals surface area (Å²) in [6.07, 6.45) is 0. The van der Waals surface area contributed by atoms with Crippen LogP contribution in [-0.2, 0) is 0 Å². The van der Waals surface area contributed by atoms with E-state index in [9.17, 15) is 0 Å². The highest BCUT2D eigenvalue weighted by molar-refractivity contribution is 6.29. The third-order valence-corrected chi connectivity index (χ3v) is 4.80. The fraction of sp³-hybridized carbons (Fsp3) is 0.0476. The second-order valence-electron chi connectivity index (χ2n) is 5.85. The average Bonchev–Trinajstić information content (AvgIpc) is 2.55. The normalized spacial score (nSPS) is 12.0. The molecule has 0 N–H and O–H groups in total. The Hall–Kier alpha value is -2.60. The molecule has 0 spiro atoms. The van der Waals surface area contributed by atoms with E-state index in [0.29, 0.717) is 0 Å². The molecule has 0 amide bonds. The van der Waals surface area contributed by atoms with Crippen molar-refractivity contribution in [3.63, 3.8) is 0 Å². The fourth-order valence-corrected chi connectivity index (χ4v) is 3.81. The quantitative estimate of drug-likeness (QED) is 0.236. The van der Waals surface area contributed by atoms with Gasteiger partial charge < -0.3 is 0 Å². The van der Waals surface area contributed by atoms with Crippen molar-refractivity contribution in [2.45, 2.75) is 6.92 Å². The lowest BCUT2D eigenvalue weighted by Crippen LogP contribution is -1.88. The van der Waals surface area contributed by atoms with Crippen molar-refractivity contribution in [3.05, 3.63) is 72.3 Å². The molecular formula is C21H14. The van der Waals surface area contributed by atoms with Gasteiger partial charge in [-0.05, 0) is 55.6 Å². The summed E-state index contributed by atoms with van der Waals surface area (Å²) in [6.45, 7) is 2.24. The fourth-order valence-electron chi connectivity index (χ4n) is 3.81. The van der Waals surface area contributed by atoms with Crippen molar-refractivity contribution in [2.24, 2.45) is 0 Å². The number of aryl methyl sites for hydroxylation is 1. The van der Waals surface area contributed by atoms with Gasteiger partial charge in [0.05, 0.1) is 0 Å². The Kier molecular flexibility index (Phi) is 1.97. The third-order valence-electron chi connectivity index (χ3n) is 4.80. The molecule has 0 aliphatic rings. The number of fused-ring (bicyclic) bond motifs is 2. The molecule has 0 heterocycles. The number of rotatable bonds is 0. The highest BCUT2D eigenvalue weighted by Gasteiger charge is 2.12. The molecule has 0 fully saturated rings. The molecule has 0 nitrogen and oxygen atoms in total. The lowest BCUT2D eigenvalue weighted by molar-refractivity contribution is 1.60. The maximum atomic E-state index is 2.28. The largest absolute Gasteiger partial charge is 0.0616 e. The number of hydrogen-bond acceptors (Lipinski definition) is 0. The summed E-state index contributed by atoms with van der Waals surface area (Å²) in [5.41, 5.74) is 1.39. The summed E-state index contributed by atoms with van der Waals surface area (Å²) in [7, 11) is 0. The zero-order valence-electron chi connectivity index (χ0n) is 11.9. The third kappa shape index (κ3) is 1.30. The first kappa shape index (κ1) is 11.1. The smallest absolute Gasteiger partial charge is 0.00177 e. The first-order chi connectivity index (χ1) is 10.3. The molecule has 0 aromatic heterocycles. The van der Waals surface area contributed by atoms with E-state index in [2.05, 4.69) is 73.7 Å². The monoisotopic (exact) mass is 266 g/mol. The van der Waals surface area contributed by atoms with Gasteiger partial charge in [0.25, 0.3) is 0 Å². The molecular weight excluding hydrogens is 252 g/mol. The van der Waals surface area contributed by atoms with Crippen molar-refractivity contribution in [1.29, 1.82) is 0 Å². The predicted octanol–water partition coefficient (Wildman–Crippen LogP) is 6.05. The maximum Gasteiger partial charge on any atom is -0.00177 e. The van der Waals surface area contributed by atoms with E-state index < -0.39 is 0 Å². The molecule has 0 unspecified atom stereocenters. The zero-order valence-corrected chi connectivity index (χ0v) is 11.9. The van der Waals surface area contributed by atoms with Gasteiger partial charge >= 0.3 is 0 Å². The summed E-state index contributed by atoms with van der Waals surface area (Å²) in [6, 6.07) is 24.4. The molecule has 5 aromatic carbocycles. The molecule has 0 aliphatic carbocycles. The molecule has 0 atom stereocenters. The van der Waals surface area contributed by atoms with Crippen LogP contribution in [0.15, 0.2) is 66.7 Å². The van der Waals surface area contributed by atoms with E-state index in [0.717, 1.165) is 0 Å². The van der Waals surface area contributed by atoms with Crippen molar-refractivity contribution in [1.82, 2.24) is 0 Å². The van der Waals surface area contributed by atoms with Gasteiger partial charge in [0.1, 0.15) is 0 Å². The Labute approximate surface area is 123 Å². The van der Waals surface area contributed by atoms with E-state index in [1.165, 1.54) is 48.7 Å². The SMILES string of the molecule is Cc1c2ccccc2c2ccc3cccc4ccc1c2c43. The van der Waals surface area contributed by atoms with Crippen molar-refractivity contribution in [2.75, 3.05) is 0 Å². The lowest BCUT2D eigenvalue weighted by Gasteiger charge is -2.15. The lowest BCUT2D eigenvalue weighted by atomic mass is 9.88. The van der Waals surface area contributed by atoms with Gasteiger partial charge in [-0.2, -0.15) is 0 Å². The Bertz CT molecular complexity index is 1120. The van der Waals surface area contributed by atoms with Crippen LogP contribution >= 0.6 is 0 Å². The topological polar surface area (TPSA) is 0 Å². The van der Waals surface area contributed by atoms with Crippen LogP contribution in [0.1, 0.15) is 5.56 Å². The standard InChI is InChI=1S/C21H14/c1-13-16-7-2-3-8-18(16)19-12-10-15-6-4-5-14-9-11-17(13)21(19)20(14)15/h2-12H,1H3. The maximum absolute atomic E-state index is 2.28. The zero-order chi connectivity index (χ0) is 14.0. The summed E-state index contributed by atoms with van der Waals surface area (Å²) >= 11 is 0. The van der Waals surface area contributed by atoms with E-state index in [4.69, 9.17) is 0 Å². The van der Waals surface area contributed by atoms with Crippen LogP contribution in [0, 0.1) is 6.92 Å². The van der Waals surface area contributed by atoms with Gasteiger partial charge in [-0.25, -0.2) is 0 Å². The molecule has 5 aromatic rings. The molecule has 0 bridgehead atoms. The van der Waals surface area contributed by atoms with Gasteiger partial charge in [0, 0.05) is 0 Å².